The first-order valence-corrected chi connectivity index (χ1v) is 9.55. The Labute approximate surface area is 156 Å². The smallest absolute Gasteiger partial charge is 0.415 e. The van der Waals surface area contributed by atoms with Crippen LogP contribution in [0.25, 0.3) is 6.08 Å². The van der Waals surface area contributed by atoms with Gasteiger partial charge in [-0.2, -0.15) is 5.26 Å². The van der Waals surface area contributed by atoms with E-state index in [1.54, 1.807) is 13.1 Å². The van der Waals surface area contributed by atoms with Crippen molar-refractivity contribution in [3.63, 3.8) is 0 Å². The van der Waals surface area contributed by atoms with Crippen LogP contribution in [0.1, 0.15) is 58.1 Å². The first-order chi connectivity index (χ1) is 12.4. The Kier molecular flexibility index (Phi) is 5.09. The first-order valence-electron chi connectivity index (χ1n) is 9.55. The molecule has 4 nitrogen and oxygen atoms in total. The van der Waals surface area contributed by atoms with Crippen molar-refractivity contribution in [3.05, 3.63) is 41.6 Å². The van der Waals surface area contributed by atoms with Gasteiger partial charge in [0.1, 0.15) is 6.10 Å². The Morgan fingerprint density at radius 3 is 2.77 bits per heavy atom. The maximum atomic E-state index is 13.0. The molecule has 1 aliphatic carbocycles. The zero-order valence-electron chi connectivity index (χ0n) is 16.1. The molecule has 0 N–H and O–H groups in total. The molecule has 0 spiro atoms. The minimum atomic E-state index is -1.06. The Bertz CT molecular complexity index is 749. The number of fused-ring (bicyclic) bond motifs is 1. The van der Waals surface area contributed by atoms with Crippen molar-refractivity contribution in [1.29, 1.82) is 5.26 Å². The molecule has 1 fully saturated rings. The van der Waals surface area contributed by atoms with Crippen LogP contribution in [0.3, 0.4) is 0 Å². The number of nitriles is 1. The fourth-order valence-electron chi connectivity index (χ4n) is 4.31. The molecule has 1 aromatic carbocycles. The number of amides is 1. The number of hydrogen-bond donors (Lipinski definition) is 0. The molecule has 138 valence electrons. The zero-order valence-corrected chi connectivity index (χ0v) is 16.1. The molecule has 0 radical (unpaired) electrons. The summed E-state index contributed by atoms with van der Waals surface area (Å²) in [7, 11) is 0. The molecule has 0 bridgehead atoms. The van der Waals surface area contributed by atoms with Gasteiger partial charge in [-0.25, -0.2) is 4.79 Å². The van der Waals surface area contributed by atoms with Crippen LogP contribution in [-0.2, 0) is 10.3 Å². The van der Waals surface area contributed by atoms with Crippen molar-refractivity contribution in [2.75, 3.05) is 0 Å². The molecule has 26 heavy (non-hydrogen) atoms. The average molecular weight is 352 g/mol. The van der Waals surface area contributed by atoms with Crippen molar-refractivity contribution in [1.82, 2.24) is 4.90 Å². The van der Waals surface area contributed by atoms with E-state index in [1.165, 1.54) is 11.3 Å². The number of nitrogens with zero attached hydrogens (tertiary/aromatic N) is 2. The number of ether oxygens (including phenoxy) is 1. The minimum absolute atomic E-state index is 0.0836. The second-order valence-corrected chi connectivity index (χ2v) is 8.21. The highest BCUT2D eigenvalue weighted by atomic mass is 16.6. The van der Waals surface area contributed by atoms with E-state index in [1.807, 2.05) is 30.3 Å². The largest absolute Gasteiger partial charge is 0.446 e. The summed E-state index contributed by atoms with van der Waals surface area (Å²) in [6.07, 6.45) is 6.22. The predicted molar refractivity (Wildman–Crippen MR) is 102 cm³/mol. The lowest BCUT2D eigenvalue weighted by molar-refractivity contribution is -0.0125. The van der Waals surface area contributed by atoms with Gasteiger partial charge in [0.2, 0.25) is 0 Å². The second-order valence-electron chi connectivity index (χ2n) is 8.21. The molecule has 0 aromatic heterocycles. The van der Waals surface area contributed by atoms with Gasteiger partial charge in [-0.3, -0.25) is 4.90 Å². The van der Waals surface area contributed by atoms with Gasteiger partial charge >= 0.3 is 6.09 Å². The van der Waals surface area contributed by atoms with Crippen molar-refractivity contribution >= 4 is 12.2 Å². The van der Waals surface area contributed by atoms with E-state index in [0.717, 1.165) is 24.0 Å². The highest BCUT2D eigenvalue weighted by molar-refractivity contribution is 5.76. The summed E-state index contributed by atoms with van der Waals surface area (Å²) in [6.45, 7) is 8.38. The first kappa shape index (κ1) is 18.5. The van der Waals surface area contributed by atoms with Gasteiger partial charge in [0.05, 0.1) is 6.07 Å². The van der Waals surface area contributed by atoms with Crippen molar-refractivity contribution in [3.8, 4) is 6.07 Å². The van der Waals surface area contributed by atoms with E-state index in [0.29, 0.717) is 17.8 Å². The van der Waals surface area contributed by atoms with Gasteiger partial charge in [0.25, 0.3) is 0 Å². The van der Waals surface area contributed by atoms with Gasteiger partial charge in [-0.1, -0.05) is 51.5 Å². The van der Waals surface area contributed by atoms with Gasteiger partial charge < -0.3 is 4.74 Å². The fraction of sp³-hybridized carbons (Fsp3) is 0.545. The molecule has 1 heterocycles. The van der Waals surface area contributed by atoms with Gasteiger partial charge in [-0.15, -0.1) is 0 Å². The Morgan fingerprint density at radius 2 is 2.08 bits per heavy atom. The molecular weight excluding hydrogens is 324 g/mol. The number of carbonyl (C=O) groups is 1. The van der Waals surface area contributed by atoms with E-state index in [-0.39, 0.29) is 6.10 Å². The number of carbonyl (C=O) groups excluding carboxylic acids is 1. The topological polar surface area (TPSA) is 53.3 Å². The molecule has 0 saturated heterocycles. The third-order valence-electron chi connectivity index (χ3n) is 6.00. The van der Waals surface area contributed by atoms with Crippen LogP contribution in [0, 0.1) is 29.1 Å². The van der Waals surface area contributed by atoms with Crippen molar-refractivity contribution in [2.24, 2.45) is 17.8 Å². The summed E-state index contributed by atoms with van der Waals surface area (Å²) in [5.74, 6) is 1.41. The molecule has 1 aliphatic heterocycles. The van der Waals surface area contributed by atoms with Gasteiger partial charge in [0, 0.05) is 6.20 Å². The van der Waals surface area contributed by atoms with Gasteiger partial charge in [-0.05, 0) is 54.7 Å². The van der Waals surface area contributed by atoms with Crippen molar-refractivity contribution < 1.29 is 9.53 Å². The summed E-state index contributed by atoms with van der Waals surface area (Å²) in [5.41, 5.74) is 0.738. The molecule has 3 rings (SSSR count). The van der Waals surface area contributed by atoms with Crippen molar-refractivity contribution in [2.45, 2.75) is 58.6 Å². The molecule has 2 aliphatic rings. The highest BCUT2D eigenvalue weighted by Gasteiger charge is 2.42. The van der Waals surface area contributed by atoms with Crippen LogP contribution in [0.4, 0.5) is 4.79 Å². The maximum absolute atomic E-state index is 13.0. The Morgan fingerprint density at radius 1 is 1.35 bits per heavy atom. The molecule has 4 heteroatoms. The van der Waals surface area contributed by atoms with E-state index in [2.05, 4.69) is 26.8 Å². The fourth-order valence-corrected chi connectivity index (χ4v) is 4.31. The number of hydrogen-bond acceptors (Lipinski definition) is 3. The summed E-state index contributed by atoms with van der Waals surface area (Å²) in [5, 5.41) is 9.87. The standard InChI is InChI=1S/C22H28N2O2/c1-15(2)18-10-9-16(3)13-20(18)26-21(25)24-12-11-17-7-5-6-8-19(17)22(24,4)14-23/h5-8,11-12,15-16,18,20H,9-10,13H2,1-4H3/t16-,18+,20-,22?/m0/s1. The number of rotatable bonds is 2. The molecule has 1 unspecified atom stereocenters. The van der Waals surface area contributed by atoms with E-state index >= 15 is 0 Å². The van der Waals surface area contributed by atoms with Crippen LogP contribution in [-0.4, -0.2) is 17.1 Å². The summed E-state index contributed by atoms with van der Waals surface area (Å²) >= 11 is 0. The monoisotopic (exact) mass is 352 g/mol. The minimum Gasteiger partial charge on any atom is -0.446 e. The molecule has 1 amide bonds. The van der Waals surface area contributed by atoms with Crippen LogP contribution in [0.2, 0.25) is 0 Å². The zero-order chi connectivity index (χ0) is 18.9. The normalized spacial score (nSPS) is 30.6. The van der Waals surface area contributed by atoms with Crippen LogP contribution >= 0.6 is 0 Å². The highest BCUT2D eigenvalue weighted by Crippen LogP contribution is 2.39. The maximum Gasteiger partial charge on any atom is 0.415 e. The van der Waals surface area contributed by atoms with E-state index in [9.17, 15) is 10.1 Å². The SMILES string of the molecule is CC(C)[C@H]1CC[C@H](C)C[C@@H]1OC(=O)N1C=Cc2ccccc2C1(C)C#N. The van der Waals surface area contributed by atoms with Gasteiger partial charge in [0.15, 0.2) is 5.54 Å². The number of benzene rings is 1. The predicted octanol–water partition coefficient (Wildman–Crippen LogP) is 5.31. The third-order valence-corrected chi connectivity index (χ3v) is 6.00. The van der Waals surface area contributed by atoms with E-state index in [4.69, 9.17) is 4.74 Å². The lowest BCUT2D eigenvalue weighted by atomic mass is 9.75. The average Bonchev–Trinajstić information content (AvgIpc) is 2.61. The molecule has 1 aromatic rings. The summed E-state index contributed by atoms with van der Waals surface area (Å²) < 4.78 is 5.97. The van der Waals surface area contributed by atoms with Crippen LogP contribution < -0.4 is 0 Å². The van der Waals surface area contributed by atoms with Crippen LogP contribution in [0.5, 0.6) is 0 Å². The Hall–Kier alpha value is -2.28. The lowest BCUT2D eigenvalue weighted by Crippen LogP contribution is -2.47. The second kappa shape index (κ2) is 7.15. The van der Waals surface area contributed by atoms with Crippen LogP contribution in [0.15, 0.2) is 30.5 Å². The summed E-state index contributed by atoms with van der Waals surface area (Å²) in [6, 6.07) is 10.0. The third kappa shape index (κ3) is 3.23. The van der Waals surface area contributed by atoms with E-state index < -0.39 is 11.6 Å². The summed E-state index contributed by atoms with van der Waals surface area (Å²) in [4.78, 5) is 14.5. The lowest BCUT2D eigenvalue weighted by Gasteiger charge is -2.40. The molecule has 1 saturated carbocycles. The molecular formula is C22H28N2O2. The quantitative estimate of drug-likeness (QED) is 0.725. The Balaban J connectivity index is 1.84. The molecule has 4 atom stereocenters.